The van der Waals surface area contributed by atoms with E-state index in [0.717, 1.165) is 11.1 Å². The van der Waals surface area contributed by atoms with Crippen LogP contribution < -0.4 is 0 Å². The van der Waals surface area contributed by atoms with Gasteiger partial charge >= 0.3 is 0 Å². The molecular formula is C35H50O5Si. The molecule has 1 heterocycles. The highest BCUT2D eigenvalue weighted by molar-refractivity contribution is 6.74. The van der Waals surface area contributed by atoms with Crippen molar-refractivity contribution in [3.63, 3.8) is 0 Å². The Morgan fingerprint density at radius 2 is 1.44 bits per heavy atom. The van der Waals surface area contributed by atoms with Crippen LogP contribution in [0.5, 0.6) is 0 Å². The van der Waals surface area contributed by atoms with Gasteiger partial charge in [0.15, 0.2) is 8.32 Å². The normalized spacial score (nSPS) is 31.0. The van der Waals surface area contributed by atoms with E-state index in [-0.39, 0.29) is 11.1 Å². The van der Waals surface area contributed by atoms with E-state index in [4.69, 9.17) is 25.1 Å². The molecule has 5 atom stereocenters. The predicted octanol–water partition coefficient (Wildman–Crippen LogP) is 7.14. The van der Waals surface area contributed by atoms with Crippen LogP contribution >= 0.6 is 0 Å². The van der Waals surface area contributed by atoms with Crippen LogP contribution in [0.4, 0.5) is 0 Å². The molecule has 224 valence electrons. The van der Waals surface area contributed by atoms with Crippen LogP contribution in [0.25, 0.3) is 0 Å². The summed E-state index contributed by atoms with van der Waals surface area (Å²) in [5, 5.41) is 12.9. The lowest BCUT2D eigenvalue weighted by Gasteiger charge is -2.51. The van der Waals surface area contributed by atoms with Crippen molar-refractivity contribution in [1.82, 2.24) is 0 Å². The van der Waals surface area contributed by atoms with Crippen molar-refractivity contribution in [2.45, 2.75) is 103 Å². The zero-order chi connectivity index (χ0) is 30.0. The van der Waals surface area contributed by atoms with E-state index in [9.17, 15) is 5.11 Å². The van der Waals surface area contributed by atoms with Crippen LogP contribution in [0.15, 0.2) is 60.7 Å². The molecular weight excluding hydrogens is 528 g/mol. The summed E-state index contributed by atoms with van der Waals surface area (Å²) in [6.45, 7) is 17.9. The van der Waals surface area contributed by atoms with Gasteiger partial charge in [-0.15, -0.1) is 12.3 Å². The first-order valence-electron chi connectivity index (χ1n) is 15.0. The first-order valence-corrected chi connectivity index (χ1v) is 17.9. The Morgan fingerprint density at radius 3 is 1.95 bits per heavy atom. The third-order valence-corrected chi connectivity index (χ3v) is 15.1. The summed E-state index contributed by atoms with van der Waals surface area (Å²) in [7, 11) is -1.97. The molecule has 5 nitrogen and oxygen atoms in total. The minimum Gasteiger partial charge on any atom is -0.417 e. The average Bonchev–Trinajstić information content (AvgIpc) is 3.66. The fraction of sp³-hybridized carbons (Fsp3) is 0.600. The van der Waals surface area contributed by atoms with Crippen molar-refractivity contribution in [3.8, 4) is 12.3 Å². The molecule has 0 unspecified atom stereocenters. The lowest BCUT2D eigenvalue weighted by Crippen LogP contribution is -2.60. The van der Waals surface area contributed by atoms with E-state index in [1.54, 1.807) is 0 Å². The summed E-state index contributed by atoms with van der Waals surface area (Å²) in [5.74, 6) is 2.78. The molecule has 1 aliphatic heterocycles. The van der Waals surface area contributed by atoms with Crippen LogP contribution in [0, 0.1) is 23.2 Å². The third-order valence-electron chi connectivity index (χ3n) is 10.5. The number of benzene rings is 2. The van der Waals surface area contributed by atoms with Crippen molar-refractivity contribution in [1.29, 1.82) is 0 Å². The smallest absolute Gasteiger partial charge is 0.191 e. The minimum atomic E-state index is -1.97. The Bertz CT molecular complexity index is 1190. The zero-order valence-corrected chi connectivity index (χ0v) is 27.2. The van der Waals surface area contributed by atoms with Crippen LogP contribution in [0.1, 0.15) is 65.0 Å². The second-order valence-electron chi connectivity index (χ2n) is 14.0. The second-order valence-corrected chi connectivity index (χ2v) is 18.8. The molecule has 0 aromatic heterocycles. The Morgan fingerprint density at radius 1 is 0.902 bits per heavy atom. The minimum absolute atomic E-state index is 0.101. The Kier molecular flexibility index (Phi) is 9.31. The average molecular weight is 579 g/mol. The summed E-state index contributed by atoms with van der Waals surface area (Å²) in [6, 6.07) is 20.3. The van der Waals surface area contributed by atoms with Gasteiger partial charge in [-0.3, -0.25) is 0 Å². The molecule has 0 bridgehead atoms. The predicted molar refractivity (Wildman–Crippen MR) is 167 cm³/mol. The number of aliphatic hydroxyl groups is 1. The number of fused-ring (bicyclic) bond motifs is 1. The van der Waals surface area contributed by atoms with E-state index in [1.807, 2.05) is 36.4 Å². The summed E-state index contributed by atoms with van der Waals surface area (Å²) < 4.78 is 26.0. The molecule has 2 aromatic rings. The van der Waals surface area contributed by atoms with Crippen LogP contribution in [-0.2, 0) is 31.9 Å². The topological polar surface area (TPSA) is 60.5 Å². The van der Waals surface area contributed by atoms with Crippen molar-refractivity contribution < 1.29 is 23.7 Å². The highest BCUT2D eigenvalue weighted by Crippen LogP contribution is 2.74. The standard InChI is InChI=1S/C35H50O5Si/c1-9-10-21-35(36)33(6,27-38-25-29-19-15-12-16-20-29)32(5,26-37-24-28-17-13-11-14-18-28)30-34(35,40-30)22-23-39-41(7,8)31(2,3)4/h1,11-20,30,36H,10,21-27H2,2-8H3/t30-,32-,33-,34-,35+/m1/s1. The van der Waals surface area contributed by atoms with Gasteiger partial charge in [-0.05, 0) is 35.7 Å². The largest absolute Gasteiger partial charge is 0.417 e. The molecule has 6 heteroatoms. The van der Waals surface area contributed by atoms with E-state index in [2.05, 4.69) is 77.9 Å². The van der Waals surface area contributed by atoms with Crippen LogP contribution in [0.2, 0.25) is 18.1 Å². The van der Waals surface area contributed by atoms with Gasteiger partial charge in [0.25, 0.3) is 0 Å². The van der Waals surface area contributed by atoms with Crippen molar-refractivity contribution in [3.05, 3.63) is 71.8 Å². The molecule has 1 saturated carbocycles. The molecule has 2 aromatic carbocycles. The van der Waals surface area contributed by atoms with Gasteiger partial charge in [0.2, 0.25) is 0 Å². The number of rotatable bonds is 14. The van der Waals surface area contributed by atoms with E-state index in [0.29, 0.717) is 52.3 Å². The van der Waals surface area contributed by atoms with Gasteiger partial charge in [0, 0.05) is 30.3 Å². The van der Waals surface area contributed by atoms with Gasteiger partial charge in [0.1, 0.15) is 11.2 Å². The Hall–Kier alpha value is -1.98. The number of terminal acetylenes is 1. The lowest BCUT2D eigenvalue weighted by molar-refractivity contribution is -0.213. The van der Waals surface area contributed by atoms with E-state index in [1.165, 1.54) is 0 Å². The van der Waals surface area contributed by atoms with E-state index < -0.39 is 30.3 Å². The number of epoxide rings is 1. The lowest BCUT2D eigenvalue weighted by atomic mass is 9.60. The van der Waals surface area contributed by atoms with Gasteiger partial charge < -0.3 is 23.7 Å². The molecule has 4 rings (SSSR count). The zero-order valence-electron chi connectivity index (χ0n) is 26.2. The SMILES string of the molecule is C#CCC[C@]1(O)[C@](C)(COCc2ccccc2)[C@](C)(COCc2ccccc2)[C@H]2O[C@]21CCO[Si](C)(C)C(C)(C)C. The molecule has 1 saturated heterocycles. The number of ether oxygens (including phenoxy) is 3. The third kappa shape index (κ3) is 5.82. The maximum atomic E-state index is 12.8. The molecule has 0 spiro atoms. The highest BCUT2D eigenvalue weighted by atomic mass is 28.4. The summed E-state index contributed by atoms with van der Waals surface area (Å²) in [4.78, 5) is 0. The first-order chi connectivity index (χ1) is 19.3. The highest BCUT2D eigenvalue weighted by Gasteiger charge is 2.87. The second kappa shape index (κ2) is 12.0. The van der Waals surface area contributed by atoms with Crippen molar-refractivity contribution >= 4 is 8.32 Å². The van der Waals surface area contributed by atoms with Crippen LogP contribution in [0.3, 0.4) is 0 Å². The fourth-order valence-corrected chi connectivity index (χ4v) is 7.64. The first kappa shape index (κ1) is 31.9. The molecule has 1 N–H and O–H groups in total. The summed E-state index contributed by atoms with van der Waals surface area (Å²) in [5.41, 5.74) is -0.954. The summed E-state index contributed by atoms with van der Waals surface area (Å²) in [6.07, 6.45) is 7.07. The van der Waals surface area contributed by atoms with Crippen LogP contribution in [-0.4, -0.2) is 50.6 Å². The quantitative estimate of drug-likeness (QED) is 0.147. The monoisotopic (exact) mass is 578 g/mol. The molecule has 2 fully saturated rings. The molecule has 2 aliphatic rings. The van der Waals surface area contributed by atoms with Gasteiger partial charge in [-0.2, -0.15) is 0 Å². The maximum absolute atomic E-state index is 12.8. The van der Waals surface area contributed by atoms with Crippen molar-refractivity contribution in [2.75, 3.05) is 19.8 Å². The fourth-order valence-electron chi connectivity index (χ4n) is 6.60. The molecule has 0 amide bonds. The Labute approximate surface area is 249 Å². The Balaban J connectivity index is 1.62. The molecule has 41 heavy (non-hydrogen) atoms. The van der Waals surface area contributed by atoms with E-state index >= 15 is 0 Å². The summed E-state index contributed by atoms with van der Waals surface area (Å²) >= 11 is 0. The molecule has 1 aliphatic carbocycles. The maximum Gasteiger partial charge on any atom is 0.191 e. The van der Waals surface area contributed by atoms with Gasteiger partial charge in [-0.25, -0.2) is 0 Å². The van der Waals surface area contributed by atoms with Gasteiger partial charge in [0.05, 0.1) is 32.5 Å². The number of hydrogen-bond acceptors (Lipinski definition) is 5. The van der Waals surface area contributed by atoms with Crippen molar-refractivity contribution in [2.24, 2.45) is 10.8 Å². The molecule has 0 radical (unpaired) electrons. The number of hydrogen-bond donors (Lipinski definition) is 1. The van der Waals surface area contributed by atoms with Gasteiger partial charge in [-0.1, -0.05) is 95.3 Å².